The third kappa shape index (κ3) is 3.48. The van der Waals surface area contributed by atoms with Crippen molar-refractivity contribution in [1.82, 2.24) is 4.98 Å². The first kappa shape index (κ1) is 15.4. The van der Waals surface area contributed by atoms with E-state index in [4.69, 9.17) is 11.6 Å². The molecule has 23 heavy (non-hydrogen) atoms. The maximum atomic E-state index is 13.7. The number of halogens is 2. The van der Waals surface area contributed by atoms with Gasteiger partial charge in [0.25, 0.3) is 0 Å². The zero-order valence-corrected chi connectivity index (χ0v) is 13.4. The van der Waals surface area contributed by atoms with Crippen LogP contribution in [0.5, 0.6) is 0 Å². The summed E-state index contributed by atoms with van der Waals surface area (Å²) in [5.74, 6) is -0.366. The van der Waals surface area contributed by atoms with Gasteiger partial charge < -0.3 is 0 Å². The summed E-state index contributed by atoms with van der Waals surface area (Å²) in [4.78, 5) is 4.47. The molecule has 2 nitrogen and oxygen atoms in total. The van der Waals surface area contributed by atoms with Gasteiger partial charge in [-0.3, -0.25) is 0 Å². The minimum atomic E-state index is -0.366. The van der Waals surface area contributed by atoms with E-state index in [1.165, 1.54) is 23.5 Å². The van der Waals surface area contributed by atoms with E-state index in [9.17, 15) is 9.65 Å². The molecule has 3 aromatic rings. The molecule has 5 heteroatoms. The van der Waals surface area contributed by atoms with Crippen molar-refractivity contribution in [1.29, 1.82) is 5.26 Å². The Morgan fingerprint density at radius 2 is 1.91 bits per heavy atom. The Bertz CT molecular complexity index is 907. The standard InChI is InChI=1S/C18H10ClFN2S/c19-15-7-5-12(6-8-15)17-11-23-18(22-17)14(10-21)9-13-3-1-2-4-16(13)20/h1-9,11H/b14-9+. The molecule has 0 fully saturated rings. The number of thiazole rings is 1. The van der Waals surface area contributed by atoms with E-state index in [1.807, 2.05) is 17.5 Å². The van der Waals surface area contributed by atoms with E-state index < -0.39 is 0 Å². The molecule has 0 unspecified atom stereocenters. The van der Waals surface area contributed by atoms with Gasteiger partial charge in [-0.05, 0) is 24.3 Å². The fourth-order valence-electron chi connectivity index (χ4n) is 2.04. The van der Waals surface area contributed by atoms with Gasteiger partial charge in [-0.15, -0.1) is 11.3 Å². The number of aromatic nitrogens is 1. The second-order valence-corrected chi connectivity index (χ2v) is 6.03. The Morgan fingerprint density at radius 1 is 1.17 bits per heavy atom. The summed E-state index contributed by atoms with van der Waals surface area (Å²) in [6.07, 6.45) is 1.51. The summed E-state index contributed by atoms with van der Waals surface area (Å²) in [6.45, 7) is 0. The highest BCUT2D eigenvalue weighted by atomic mass is 35.5. The van der Waals surface area contributed by atoms with Crippen LogP contribution in [0, 0.1) is 17.1 Å². The van der Waals surface area contributed by atoms with Gasteiger partial charge in [-0.1, -0.05) is 41.9 Å². The number of hydrogen-bond donors (Lipinski definition) is 0. The van der Waals surface area contributed by atoms with Crippen molar-refractivity contribution in [2.45, 2.75) is 0 Å². The SMILES string of the molecule is N#C/C(=C\c1ccccc1F)c1nc(-c2ccc(Cl)cc2)cs1. The minimum Gasteiger partial charge on any atom is -0.235 e. The summed E-state index contributed by atoms with van der Waals surface area (Å²) >= 11 is 7.23. The van der Waals surface area contributed by atoms with Crippen LogP contribution >= 0.6 is 22.9 Å². The summed E-state index contributed by atoms with van der Waals surface area (Å²) in [7, 11) is 0. The molecule has 0 bridgehead atoms. The number of nitrogens with zero attached hydrogens (tertiary/aromatic N) is 2. The van der Waals surface area contributed by atoms with Crippen LogP contribution in [-0.4, -0.2) is 4.98 Å². The van der Waals surface area contributed by atoms with E-state index in [-0.39, 0.29) is 5.82 Å². The first-order valence-corrected chi connectivity index (χ1v) is 8.01. The van der Waals surface area contributed by atoms with E-state index in [1.54, 1.807) is 30.3 Å². The maximum Gasteiger partial charge on any atom is 0.134 e. The Balaban J connectivity index is 1.96. The second kappa shape index (κ2) is 6.74. The van der Waals surface area contributed by atoms with Gasteiger partial charge in [0, 0.05) is 21.5 Å². The third-order valence-electron chi connectivity index (χ3n) is 3.20. The lowest BCUT2D eigenvalue weighted by Gasteiger charge is -1.98. The highest BCUT2D eigenvalue weighted by Crippen LogP contribution is 2.28. The number of nitriles is 1. The molecule has 0 aliphatic heterocycles. The molecule has 2 aromatic carbocycles. The van der Waals surface area contributed by atoms with Crippen molar-refractivity contribution in [2.75, 3.05) is 0 Å². The molecule has 0 aliphatic carbocycles. The predicted octanol–water partition coefficient (Wildman–Crippen LogP) is 5.67. The maximum absolute atomic E-state index is 13.7. The molecule has 0 amide bonds. The molecule has 3 rings (SSSR count). The number of allylic oxidation sites excluding steroid dienone is 1. The Morgan fingerprint density at radius 3 is 2.61 bits per heavy atom. The van der Waals surface area contributed by atoms with Crippen molar-refractivity contribution in [2.24, 2.45) is 0 Å². The van der Waals surface area contributed by atoms with Gasteiger partial charge >= 0.3 is 0 Å². The average Bonchev–Trinajstić information content (AvgIpc) is 3.04. The minimum absolute atomic E-state index is 0.334. The van der Waals surface area contributed by atoms with Crippen LogP contribution in [0.25, 0.3) is 22.9 Å². The highest BCUT2D eigenvalue weighted by Gasteiger charge is 2.10. The number of hydrogen-bond acceptors (Lipinski definition) is 3. The lowest BCUT2D eigenvalue weighted by atomic mass is 10.1. The number of benzene rings is 2. The van der Waals surface area contributed by atoms with Gasteiger partial charge in [-0.2, -0.15) is 5.26 Å². The van der Waals surface area contributed by atoms with Crippen molar-refractivity contribution in [3.63, 3.8) is 0 Å². The predicted molar refractivity (Wildman–Crippen MR) is 92.4 cm³/mol. The molecule has 0 saturated heterocycles. The average molecular weight is 341 g/mol. The third-order valence-corrected chi connectivity index (χ3v) is 4.33. The Kier molecular flexibility index (Phi) is 4.52. The molecule has 0 N–H and O–H groups in total. The van der Waals surface area contributed by atoms with Crippen LogP contribution in [0.15, 0.2) is 53.9 Å². The van der Waals surface area contributed by atoms with Crippen molar-refractivity contribution < 1.29 is 4.39 Å². The molecule has 0 radical (unpaired) electrons. The van der Waals surface area contributed by atoms with Crippen molar-refractivity contribution in [3.8, 4) is 17.3 Å². The largest absolute Gasteiger partial charge is 0.235 e. The van der Waals surface area contributed by atoms with Crippen LogP contribution in [0.1, 0.15) is 10.6 Å². The smallest absolute Gasteiger partial charge is 0.134 e. The monoisotopic (exact) mass is 340 g/mol. The summed E-state index contributed by atoms with van der Waals surface area (Å²) in [5.41, 5.74) is 2.38. The molecular formula is C18H10ClFN2S. The second-order valence-electron chi connectivity index (χ2n) is 4.74. The van der Waals surface area contributed by atoms with Gasteiger partial charge in [0.15, 0.2) is 0 Å². The van der Waals surface area contributed by atoms with Crippen LogP contribution < -0.4 is 0 Å². The van der Waals surface area contributed by atoms with Crippen LogP contribution in [0.3, 0.4) is 0 Å². The molecule has 0 saturated carbocycles. The zero-order valence-electron chi connectivity index (χ0n) is 11.8. The van der Waals surface area contributed by atoms with Crippen LogP contribution in [0.2, 0.25) is 5.02 Å². The van der Waals surface area contributed by atoms with Gasteiger partial charge in [0.1, 0.15) is 16.9 Å². The van der Waals surface area contributed by atoms with Crippen molar-refractivity contribution >= 4 is 34.6 Å². The first-order valence-electron chi connectivity index (χ1n) is 6.75. The van der Waals surface area contributed by atoms with Gasteiger partial charge in [0.2, 0.25) is 0 Å². The lowest BCUT2D eigenvalue weighted by Crippen LogP contribution is -1.85. The van der Waals surface area contributed by atoms with E-state index in [0.29, 0.717) is 21.2 Å². The molecular weight excluding hydrogens is 331 g/mol. The molecule has 1 heterocycles. The molecule has 0 aliphatic rings. The summed E-state index contributed by atoms with van der Waals surface area (Å²) in [5, 5.41) is 12.4. The fourth-order valence-corrected chi connectivity index (χ4v) is 2.96. The van der Waals surface area contributed by atoms with E-state index in [2.05, 4.69) is 11.1 Å². The normalized spacial score (nSPS) is 11.3. The molecule has 0 spiro atoms. The van der Waals surface area contributed by atoms with Gasteiger partial charge in [-0.25, -0.2) is 9.37 Å². The number of rotatable bonds is 3. The quantitative estimate of drug-likeness (QED) is 0.576. The van der Waals surface area contributed by atoms with Crippen molar-refractivity contribution in [3.05, 3.63) is 75.3 Å². The highest BCUT2D eigenvalue weighted by molar-refractivity contribution is 7.11. The molecule has 0 atom stereocenters. The van der Waals surface area contributed by atoms with E-state index >= 15 is 0 Å². The molecule has 1 aromatic heterocycles. The molecule has 112 valence electrons. The summed E-state index contributed by atoms with van der Waals surface area (Å²) in [6, 6.07) is 15.7. The van der Waals surface area contributed by atoms with Crippen LogP contribution in [0.4, 0.5) is 4.39 Å². The fraction of sp³-hybridized carbons (Fsp3) is 0. The zero-order chi connectivity index (χ0) is 16.2. The van der Waals surface area contributed by atoms with Gasteiger partial charge in [0.05, 0.1) is 11.3 Å². The topological polar surface area (TPSA) is 36.7 Å². The lowest BCUT2D eigenvalue weighted by molar-refractivity contribution is 0.625. The summed E-state index contributed by atoms with van der Waals surface area (Å²) < 4.78 is 13.7. The Labute approximate surface area is 142 Å². The van der Waals surface area contributed by atoms with Crippen LogP contribution in [-0.2, 0) is 0 Å². The Hall–Kier alpha value is -2.48. The first-order chi connectivity index (χ1) is 11.2. The van der Waals surface area contributed by atoms with E-state index in [0.717, 1.165) is 11.3 Å².